The Bertz CT molecular complexity index is 938. The lowest BCUT2D eigenvalue weighted by Gasteiger charge is -2.01. The Morgan fingerprint density at radius 1 is 1.13 bits per heavy atom. The molecule has 6 heteroatoms. The summed E-state index contributed by atoms with van der Waals surface area (Å²) in [4.78, 5) is 4.53. The van der Waals surface area contributed by atoms with Gasteiger partial charge in [0.15, 0.2) is 5.36 Å². The first-order valence-electron chi connectivity index (χ1n) is 7.24. The van der Waals surface area contributed by atoms with Crippen molar-refractivity contribution in [1.29, 1.82) is 5.41 Å². The monoisotopic (exact) mass is 324 g/mol. The minimum atomic E-state index is 0.297. The van der Waals surface area contributed by atoms with Gasteiger partial charge in [-0.15, -0.1) is 11.3 Å². The largest absolute Gasteiger partial charge is 0.476 e. The van der Waals surface area contributed by atoms with Crippen molar-refractivity contribution in [3.63, 3.8) is 0 Å². The van der Waals surface area contributed by atoms with E-state index >= 15 is 0 Å². The molecule has 0 aliphatic carbocycles. The maximum Gasteiger partial charge on any atom is 0.245 e. The van der Waals surface area contributed by atoms with Crippen molar-refractivity contribution in [2.75, 3.05) is 12.0 Å². The van der Waals surface area contributed by atoms with Crippen LogP contribution in [0.2, 0.25) is 0 Å². The Hall–Kier alpha value is -2.73. The van der Waals surface area contributed by atoms with E-state index in [1.807, 2.05) is 61.5 Å². The van der Waals surface area contributed by atoms with Gasteiger partial charge >= 0.3 is 0 Å². The van der Waals surface area contributed by atoms with Crippen LogP contribution in [0.5, 0.6) is 5.88 Å². The SMILES string of the molecule is CCOc1nc2ccccc2sc(=N)/c1=N\Nc1ccccc1. The highest BCUT2D eigenvalue weighted by Gasteiger charge is 2.04. The zero-order chi connectivity index (χ0) is 16.1. The van der Waals surface area contributed by atoms with E-state index in [2.05, 4.69) is 15.5 Å². The van der Waals surface area contributed by atoms with Gasteiger partial charge in [-0.3, -0.25) is 10.8 Å². The molecule has 116 valence electrons. The molecule has 0 bridgehead atoms. The van der Waals surface area contributed by atoms with Crippen LogP contribution >= 0.6 is 11.3 Å². The Kier molecular flexibility index (Phi) is 4.63. The number of anilines is 1. The van der Waals surface area contributed by atoms with Gasteiger partial charge in [-0.05, 0) is 31.2 Å². The fourth-order valence-electron chi connectivity index (χ4n) is 2.02. The molecule has 2 N–H and O–H groups in total. The molecule has 0 saturated carbocycles. The molecule has 0 aliphatic heterocycles. The highest BCUT2D eigenvalue weighted by molar-refractivity contribution is 7.15. The maximum atomic E-state index is 8.32. The van der Waals surface area contributed by atoms with Crippen LogP contribution in [0, 0.1) is 5.41 Å². The quantitative estimate of drug-likeness (QED) is 0.725. The topological polar surface area (TPSA) is 70.4 Å². The van der Waals surface area contributed by atoms with Gasteiger partial charge in [-0.1, -0.05) is 30.3 Å². The summed E-state index contributed by atoms with van der Waals surface area (Å²) in [5.74, 6) is 0.360. The second-order valence-corrected chi connectivity index (χ2v) is 5.74. The molecular weight excluding hydrogens is 308 g/mol. The van der Waals surface area contributed by atoms with Crippen LogP contribution in [0.15, 0.2) is 59.7 Å². The normalized spacial score (nSPS) is 11.4. The predicted molar refractivity (Wildman–Crippen MR) is 92.3 cm³/mol. The van der Waals surface area contributed by atoms with Crippen molar-refractivity contribution >= 4 is 27.2 Å². The van der Waals surface area contributed by atoms with E-state index < -0.39 is 0 Å². The van der Waals surface area contributed by atoms with Gasteiger partial charge in [0.05, 0.1) is 22.5 Å². The first-order chi connectivity index (χ1) is 11.3. The summed E-state index contributed by atoms with van der Waals surface area (Å²) in [6, 6.07) is 17.3. The van der Waals surface area contributed by atoms with Crippen LogP contribution in [-0.4, -0.2) is 11.6 Å². The zero-order valence-corrected chi connectivity index (χ0v) is 13.4. The lowest BCUT2D eigenvalue weighted by Crippen LogP contribution is -2.24. The molecule has 23 heavy (non-hydrogen) atoms. The Morgan fingerprint density at radius 2 is 1.87 bits per heavy atom. The third-order valence-electron chi connectivity index (χ3n) is 3.07. The second kappa shape index (κ2) is 7.02. The first-order valence-corrected chi connectivity index (χ1v) is 8.06. The van der Waals surface area contributed by atoms with Gasteiger partial charge in [-0.2, -0.15) is 5.10 Å². The lowest BCUT2D eigenvalue weighted by molar-refractivity contribution is 0.323. The van der Waals surface area contributed by atoms with Gasteiger partial charge in [-0.25, -0.2) is 4.98 Å². The number of fused-ring (bicyclic) bond motifs is 1. The molecule has 0 aliphatic rings. The number of nitrogens with one attached hydrogen (secondary N) is 2. The molecule has 5 nitrogen and oxygen atoms in total. The molecule has 1 aromatic heterocycles. The van der Waals surface area contributed by atoms with Crippen LogP contribution in [0.25, 0.3) is 10.2 Å². The minimum absolute atomic E-state index is 0.297. The van der Waals surface area contributed by atoms with Crippen LogP contribution in [0.1, 0.15) is 6.92 Å². The smallest absolute Gasteiger partial charge is 0.245 e. The van der Waals surface area contributed by atoms with Gasteiger partial charge < -0.3 is 4.74 Å². The van der Waals surface area contributed by atoms with Crippen molar-refractivity contribution in [3.05, 3.63) is 64.6 Å². The molecule has 3 aromatic rings. The average Bonchev–Trinajstić information content (AvgIpc) is 2.70. The number of benzene rings is 2. The van der Waals surface area contributed by atoms with Crippen molar-refractivity contribution in [3.8, 4) is 5.88 Å². The molecule has 0 saturated heterocycles. The summed E-state index contributed by atoms with van der Waals surface area (Å²) in [5.41, 5.74) is 4.59. The zero-order valence-electron chi connectivity index (χ0n) is 12.6. The van der Waals surface area contributed by atoms with Gasteiger partial charge in [0, 0.05) is 0 Å². The third kappa shape index (κ3) is 3.54. The molecule has 0 spiro atoms. The van der Waals surface area contributed by atoms with Gasteiger partial charge in [0.2, 0.25) is 5.88 Å². The summed E-state index contributed by atoms with van der Waals surface area (Å²) in [7, 11) is 0. The second-order valence-electron chi connectivity index (χ2n) is 4.69. The number of aromatic nitrogens is 1. The van der Waals surface area contributed by atoms with E-state index in [0.29, 0.717) is 22.5 Å². The minimum Gasteiger partial charge on any atom is -0.476 e. The van der Waals surface area contributed by atoms with Crippen molar-refractivity contribution in [2.24, 2.45) is 5.10 Å². The predicted octanol–water partition coefficient (Wildman–Crippen LogP) is 3.10. The van der Waals surface area contributed by atoms with Crippen LogP contribution in [0.3, 0.4) is 0 Å². The molecule has 0 amide bonds. The van der Waals surface area contributed by atoms with Crippen LogP contribution < -0.4 is 20.2 Å². The highest BCUT2D eigenvalue weighted by atomic mass is 32.1. The number of hydrogen-bond acceptors (Lipinski definition) is 6. The highest BCUT2D eigenvalue weighted by Crippen LogP contribution is 2.13. The van der Waals surface area contributed by atoms with E-state index in [4.69, 9.17) is 10.1 Å². The fraction of sp³-hybridized carbons (Fsp3) is 0.118. The number of nitrogens with zero attached hydrogens (tertiary/aromatic N) is 2. The Labute approximate surface area is 137 Å². The van der Waals surface area contributed by atoms with Crippen LogP contribution in [-0.2, 0) is 0 Å². The first kappa shape index (κ1) is 15.2. The summed E-state index contributed by atoms with van der Waals surface area (Å²) >= 11 is 1.32. The van der Waals surface area contributed by atoms with Gasteiger partial charge in [0.1, 0.15) is 4.67 Å². The van der Waals surface area contributed by atoms with E-state index in [9.17, 15) is 0 Å². The number of hydrogen-bond donors (Lipinski definition) is 2. The Balaban J connectivity index is 2.19. The fourth-order valence-corrected chi connectivity index (χ4v) is 2.84. The maximum absolute atomic E-state index is 8.32. The van der Waals surface area contributed by atoms with E-state index in [1.54, 1.807) is 0 Å². The molecule has 0 radical (unpaired) electrons. The van der Waals surface area contributed by atoms with E-state index in [0.717, 1.165) is 15.9 Å². The molecule has 2 aromatic carbocycles. The van der Waals surface area contributed by atoms with Crippen molar-refractivity contribution in [1.82, 2.24) is 4.98 Å². The number of ether oxygens (including phenoxy) is 1. The molecule has 0 fully saturated rings. The molecule has 1 heterocycles. The third-order valence-corrected chi connectivity index (χ3v) is 4.03. The molecule has 0 unspecified atom stereocenters. The van der Waals surface area contributed by atoms with Crippen LogP contribution in [0.4, 0.5) is 5.69 Å². The van der Waals surface area contributed by atoms with Gasteiger partial charge in [0.25, 0.3) is 0 Å². The molecule has 3 rings (SSSR count). The average molecular weight is 324 g/mol. The summed E-state index contributed by atoms with van der Waals surface area (Å²) in [5, 5.41) is 13.1. The Morgan fingerprint density at radius 3 is 2.65 bits per heavy atom. The summed E-state index contributed by atoms with van der Waals surface area (Å²) in [6.07, 6.45) is 0. The van der Waals surface area contributed by atoms with E-state index in [1.165, 1.54) is 11.3 Å². The van der Waals surface area contributed by atoms with E-state index in [-0.39, 0.29) is 0 Å². The molecular formula is C17H16N4OS. The summed E-state index contributed by atoms with van der Waals surface area (Å²) in [6.45, 7) is 2.35. The summed E-state index contributed by atoms with van der Waals surface area (Å²) < 4.78 is 6.83. The number of para-hydroxylation sites is 2. The standard InChI is InChI=1S/C17H16N4OS/c1-2-22-17-15(21-20-12-8-4-3-5-9-12)16(18)23-14-11-7-6-10-13(14)19-17/h3-11,18,20H,2H2,1H3/b18-16?,21-15+. The van der Waals surface area contributed by atoms with Crippen molar-refractivity contribution in [2.45, 2.75) is 6.92 Å². The lowest BCUT2D eigenvalue weighted by atomic mass is 10.3. The number of rotatable bonds is 4. The van der Waals surface area contributed by atoms with Crippen molar-refractivity contribution < 1.29 is 4.74 Å². The molecule has 0 atom stereocenters.